The van der Waals surface area contributed by atoms with Gasteiger partial charge in [-0.3, -0.25) is 10.2 Å². The van der Waals surface area contributed by atoms with Gasteiger partial charge in [0.1, 0.15) is 0 Å². The predicted octanol–water partition coefficient (Wildman–Crippen LogP) is -0.0292. The molecule has 1 aliphatic heterocycles. The van der Waals surface area contributed by atoms with Crippen LogP contribution in [0.25, 0.3) is 0 Å². The number of ether oxygens (including phenoxy) is 1. The van der Waals surface area contributed by atoms with Crippen LogP contribution in [0.2, 0.25) is 0 Å². The SMILES string of the molecule is COCC1CCCN(CC(C)C(=O)NN)C1. The Morgan fingerprint density at radius 2 is 2.44 bits per heavy atom. The summed E-state index contributed by atoms with van der Waals surface area (Å²) in [7, 11) is 1.74. The number of rotatable bonds is 5. The molecule has 0 radical (unpaired) electrons. The highest BCUT2D eigenvalue weighted by atomic mass is 16.5. The van der Waals surface area contributed by atoms with E-state index in [1.165, 1.54) is 12.8 Å². The number of carbonyl (C=O) groups excluding carboxylic acids is 1. The second kappa shape index (κ2) is 6.83. The highest BCUT2D eigenvalue weighted by Gasteiger charge is 2.22. The Morgan fingerprint density at radius 1 is 1.69 bits per heavy atom. The van der Waals surface area contributed by atoms with E-state index in [4.69, 9.17) is 10.6 Å². The van der Waals surface area contributed by atoms with Gasteiger partial charge in [0, 0.05) is 26.1 Å². The van der Waals surface area contributed by atoms with E-state index in [0.29, 0.717) is 5.92 Å². The van der Waals surface area contributed by atoms with Crippen LogP contribution in [0.15, 0.2) is 0 Å². The summed E-state index contributed by atoms with van der Waals surface area (Å²) in [5.41, 5.74) is 2.20. The van der Waals surface area contributed by atoms with Crippen LogP contribution < -0.4 is 11.3 Å². The number of carbonyl (C=O) groups is 1. The van der Waals surface area contributed by atoms with E-state index in [1.54, 1.807) is 7.11 Å². The lowest BCUT2D eigenvalue weighted by Crippen LogP contribution is -2.44. The van der Waals surface area contributed by atoms with E-state index < -0.39 is 0 Å². The Hall–Kier alpha value is -0.650. The number of nitrogens with two attached hydrogens (primary N) is 1. The Labute approximate surface area is 97.3 Å². The highest BCUT2D eigenvalue weighted by molar-refractivity contribution is 5.77. The van der Waals surface area contributed by atoms with Gasteiger partial charge in [-0.1, -0.05) is 6.92 Å². The van der Waals surface area contributed by atoms with Crippen molar-refractivity contribution < 1.29 is 9.53 Å². The van der Waals surface area contributed by atoms with E-state index in [0.717, 1.165) is 26.2 Å². The molecule has 1 fully saturated rings. The van der Waals surface area contributed by atoms with Crippen molar-refractivity contribution in [3.05, 3.63) is 0 Å². The van der Waals surface area contributed by atoms with Crippen molar-refractivity contribution in [1.82, 2.24) is 10.3 Å². The first kappa shape index (κ1) is 13.4. The third-order valence-corrected chi connectivity index (χ3v) is 3.13. The number of amides is 1. The lowest BCUT2D eigenvalue weighted by molar-refractivity contribution is -0.125. The summed E-state index contributed by atoms with van der Waals surface area (Å²) >= 11 is 0. The van der Waals surface area contributed by atoms with Crippen molar-refractivity contribution in [3.63, 3.8) is 0 Å². The van der Waals surface area contributed by atoms with Gasteiger partial charge in [0.2, 0.25) is 5.91 Å². The van der Waals surface area contributed by atoms with Gasteiger partial charge >= 0.3 is 0 Å². The molecule has 2 unspecified atom stereocenters. The number of nitrogens with zero attached hydrogens (tertiary/aromatic N) is 1. The average Bonchev–Trinajstić information content (AvgIpc) is 2.29. The van der Waals surface area contributed by atoms with Gasteiger partial charge in [-0.2, -0.15) is 0 Å². The molecule has 1 heterocycles. The van der Waals surface area contributed by atoms with E-state index in [-0.39, 0.29) is 11.8 Å². The van der Waals surface area contributed by atoms with Crippen molar-refractivity contribution in [2.24, 2.45) is 17.7 Å². The normalized spacial score (nSPS) is 24.1. The first-order valence-corrected chi connectivity index (χ1v) is 5.89. The maximum absolute atomic E-state index is 11.3. The van der Waals surface area contributed by atoms with E-state index in [1.807, 2.05) is 6.92 Å². The maximum atomic E-state index is 11.3. The molecule has 0 bridgehead atoms. The first-order chi connectivity index (χ1) is 7.67. The zero-order chi connectivity index (χ0) is 12.0. The number of piperidine rings is 1. The van der Waals surface area contributed by atoms with Crippen molar-refractivity contribution >= 4 is 5.91 Å². The smallest absolute Gasteiger partial charge is 0.237 e. The van der Waals surface area contributed by atoms with Gasteiger partial charge < -0.3 is 9.64 Å². The molecule has 0 aromatic heterocycles. The monoisotopic (exact) mass is 229 g/mol. The van der Waals surface area contributed by atoms with Crippen LogP contribution in [-0.2, 0) is 9.53 Å². The van der Waals surface area contributed by atoms with Crippen LogP contribution in [0.1, 0.15) is 19.8 Å². The van der Waals surface area contributed by atoms with Gasteiger partial charge in [-0.05, 0) is 25.3 Å². The fraction of sp³-hybridized carbons (Fsp3) is 0.909. The number of hydrogen-bond donors (Lipinski definition) is 2. The number of methoxy groups -OCH3 is 1. The van der Waals surface area contributed by atoms with Gasteiger partial charge in [-0.25, -0.2) is 5.84 Å². The maximum Gasteiger partial charge on any atom is 0.237 e. The molecule has 0 spiro atoms. The standard InChI is InChI=1S/C11H23N3O2/c1-9(11(15)13-12)6-14-5-3-4-10(7-14)8-16-2/h9-10H,3-8,12H2,1-2H3,(H,13,15). The minimum atomic E-state index is -0.0890. The van der Waals surface area contributed by atoms with Crippen LogP contribution in [0.5, 0.6) is 0 Å². The van der Waals surface area contributed by atoms with Crippen LogP contribution in [0.3, 0.4) is 0 Å². The van der Waals surface area contributed by atoms with Gasteiger partial charge in [-0.15, -0.1) is 0 Å². The van der Waals surface area contributed by atoms with Crippen LogP contribution in [0.4, 0.5) is 0 Å². The van der Waals surface area contributed by atoms with Crippen molar-refractivity contribution in [2.45, 2.75) is 19.8 Å². The molecule has 0 aromatic carbocycles. The average molecular weight is 229 g/mol. The van der Waals surface area contributed by atoms with E-state index in [9.17, 15) is 4.79 Å². The number of hydrogen-bond acceptors (Lipinski definition) is 4. The lowest BCUT2D eigenvalue weighted by atomic mass is 9.98. The Kier molecular flexibility index (Phi) is 5.73. The second-order valence-corrected chi connectivity index (χ2v) is 4.63. The molecule has 0 aromatic rings. The predicted molar refractivity (Wildman–Crippen MR) is 62.5 cm³/mol. The number of hydrazine groups is 1. The van der Waals surface area contributed by atoms with E-state index in [2.05, 4.69) is 10.3 Å². The summed E-state index contributed by atoms with van der Waals surface area (Å²) < 4.78 is 5.18. The molecule has 5 heteroatoms. The molecule has 0 aliphatic carbocycles. The van der Waals surface area contributed by atoms with Crippen LogP contribution in [0, 0.1) is 11.8 Å². The zero-order valence-electron chi connectivity index (χ0n) is 10.2. The molecule has 16 heavy (non-hydrogen) atoms. The molecular weight excluding hydrogens is 206 g/mol. The quantitative estimate of drug-likeness (QED) is 0.395. The molecule has 5 nitrogen and oxygen atoms in total. The fourth-order valence-corrected chi connectivity index (χ4v) is 2.30. The summed E-state index contributed by atoms with van der Waals surface area (Å²) in [6, 6.07) is 0. The molecule has 0 saturated carbocycles. The van der Waals surface area contributed by atoms with Gasteiger partial charge in [0.25, 0.3) is 0 Å². The summed E-state index contributed by atoms with van der Waals surface area (Å²) in [6.07, 6.45) is 2.41. The van der Waals surface area contributed by atoms with Gasteiger partial charge in [0.05, 0.1) is 6.61 Å². The topological polar surface area (TPSA) is 67.6 Å². The van der Waals surface area contributed by atoms with Crippen molar-refractivity contribution in [3.8, 4) is 0 Å². The largest absolute Gasteiger partial charge is 0.384 e. The molecule has 2 atom stereocenters. The third-order valence-electron chi connectivity index (χ3n) is 3.13. The third kappa shape index (κ3) is 4.08. The molecule has 1 amide bonds. The Morgan fingerprint density at radius 3 is 3.06 bits per heavy atom. The van der Waals surface area contributed by atoms with Gasteiger partial charge in [0.15, 0.2) is 0 Å². The molecular formula is C11H23N3O2. The Balaban J connectivity index is 2.33. The number of likely N-dealkylation sites (tertiary alicyclic amines) is 1. The van der Waals surface area contributed by atoms with Crippen LogP contribution >= 0.6 is 0 Å². The molecule has 1 rings (SSSR count). The molecule has 1 aliphatic rings. The minimum Gasteiger partial charge on any atom is -0.384 e. The molecule has 1 saturated heterocycles. The second-order valence-electron chi connectivity index (χ2n) is 4.63. The lowest BCUT2D eigenvalue weighted by Gasteiger charge is -2.33. The minimum absolute atomic E-state index is 0.0497. The summed E-state index contributed by atoms with van der Waals surface area (Å²) in [6.45, 7) is 5.60. The Bertz CT molecular complexity index is 221. The highest BCUT2D eigenvalue weighted by Crippen LogP contribution is 2.17. The molecule has 94 valence electrons. The fourth-order valence-electron chi connectivity index (χ4n) is 2.30. The number of nitrogens with one attached hydrogen (secondary N) is 1. The van der Waals surface area contributed by atoms with Crippen molar-refractivity contribution in [2.75, 3.05) is 33.4 Å². The zero-order valence-corrected chi connectivity index (χ0v) is 10.2. The summed E-state index contributed by atoms with van der Waals surface area (Å²) in [4.78, 5) is 13.6. The summed E-state index contributed by atoms with van der Waals surface area (Å²) in [5.74, 6) is 5.58. The first-order valence-electron chi connectivity index (χ1n) is 5.89. The van der Waals surface area contributed by atoms with Crippen molar-refractivity contribution in [1.29, 1.82) is 0 Å². The van der Waals surface area contributed by atoms with E-state index >= 15 is 0 Å². The summed E-state index contributed by atoms with van der Waals surface area (Å²) in [5, 5.41) is 0. The molecule has 3 N–H and O–H groups in total. The van der Waals surface area contributed by atoms with Crippen LogP contribution in [-0.4, -0.2) is 44.2 Å².